The lowest BCUT2D eigenvalue weighted by Crippen LogP contribution is -2.41. The van der Waals surface area contributed by atoms with E-state index in [1.807, 2.05) is 38.1 Å². The molecular formula is C21H21Cl2NO4. The number of carbonyl (C=O) groups is 2. The number of anilines is 1. The van der Waals surface area contributed by atoms with Gasteiger partial charge in [-0.25, -0.2) is 0 Å². The lowest BCUT2D eigenvalue weighted by molar-refractivity contribution is -0.141. The predicted octanol–water partition coefficient (Wildman–Crippen LogP) is 4.49. The largest absolute Gasteiger partial charge is 0.491 e. The van der Waals surface area contributed by atoms with Crippen LogP contribution in [0.25, 0.3) is 0 Å². The second-order valence-electron chi connectivity index (χ2n) is 7.16. The molecule has 5 nitrogen and oxygen atoms in total. The van der Waals surface area contributed by atoms with E-state index in [2.05, 4.69) is 0 Å². The Morgan fingerprint density at radius 3 is 2.54 bits per heavy atom. The van der Waals surface area contributed by atoms with Gasteiger partial charge in [0.1, 0.15) is 11.5 Å². The molecule has 0 radical (unpaired) electrons. The van der Waals surface area contributed by atoms with Gasteiger partial charge in [0.2, 0.25) is 0 Å². The van der Waals surface area contributed by atoms with Gasteiger partial charge in [-0.3, -0.25) is 9.59 Å². The highest BCUT2D eigenvalue weighted by atomic mass is 35.5. The van der Waals surface area contributed by atoms with Gasteiger partial charge >= 0.3 is 0 Å². The van der Waals surface area contributed by atoms with E-state index in [4.69, 9.17) is 27.9 Å². The second kappa shape index (κ2) is 7.74. The number of halogens is 2. The highest BCUT2D eigenvalue weighted by molar-refractivity contribution is 6.44. The van der Waals surface area contributed by atoms with Crippen LogP contribution in [0.2, 0.25) is 10.0 Å². The van der Waals surface area contributed by atoms with Gasteiger partial charge in [0.25, 0.3) is 5.91 Å². The molecule has 1 atom stereocenters. The average molecular weight is 422 g/mol. The molecule has 2 aromatic rings. The zero-order chi connectivity index (χ0) is 20.6. The first kappa shape index (κ1) is 20.6. The number of hydrogen-bond acceptors (Lipinski definition) is 4. The quantitative estimate of drug-likeness (QED) is 0.745. The van der Waals surface area contributed by atoms with E-state index in [-0.39, 0.29) is 40.5 Å². The van der Waals surface area contributed by atoms with Crippen LogP contribution in [-0.4, -0.2) is 22.9 Å². The van der Waals surface area contributed by atoms with Crippen LogP contribution in [0, 0.1) is 0 Å². The maximum atomic E-state index is 13.2. The van der Waals surface area contributed by atoms with Gasteiger partial charge in [-0.05, 0) is 32.9 Å². The van der Waals surface area contributed by atoms with Crippen LogP contribution in [0.1, 0.15) is 38.3 Å². The van der Waals surface area contributed by atoms with Crippen LogP contribution >= 0.6 is 23.2 Å². The van der Waals surface area contributed by atoms with Gasteiger partial charge in [-0.1, -0.05) is 47.5 Å². The van der Waals surface area contributed by atoms with Crippen LogP contribution in [-0.2, 0) is 21.7 Å². The summed E-state index contributed by atoms with van der Waals surface area (Å²) in [6.07, 6.45) is -0.382. The van der Waals surface area contributed by atoms with Crippen LogP contribution < -0.4 is 9.64 Å². The van der Waals surface area contributed by atoms with Crippen LogP contribution in [0.15, 0.2) is 36.4 Å². The molecule has 0 aromatic heterocycles. The maximum absolute atomic E-state index is 13.2. The highest BCUT2D eigenvalue weighted by Gasteiger charge is 2.51. The van der Waals surface area contributed by atoms with Crippen molar-refractivity contribution in [1.29, 1.82) is 0 Å². The number of carbonyl (C=O) groups excluding carboxylic acids is 2. The standard InChI is InChI=1S/C21H21Cl2NO4/c1-12(2)28-17-7-5-4-6-14(17)11-24-19-15(8-9-16(22)18(19)23)21(27,20(24)26)10-13(3)25/h4-9,12,27H,10-11H2,1-3H3/t21-/m0/s1. The van der Waals surface area contributed by atoms with Crippen LogP contribution in [0.5, 0.6) is 5.75 Å². The Morgan fingerprint density at radius 1 is 1.21 bits per heavy atom. The Hall–Kier alpha value is -2.08. The number of benzene rings is 2. The number of amides is 1. The molecule has 1 aliphatic rings. The summed E-state index contributed by atoms with van der Waals surface area (Å²) in [5.41, 5.74) is -0.617. The lowest BCUT2D eigenvalue weighted by atomic mass is 9.90. The summed E-state index contributed by atoms with van der Waals surface area (Å²) >= 11 is 12.6. The van der Waals surface area contributed by atoms with E-state index in [0.717, 1.165) is 5.56 Å². The SMILES string of the molecule is CC(=O)C[C@@]1(O)C(=O)N(Cc2ccccc2OC(C)C)c2c1ccc(Cl)c2Cl. The van der Waals surface area contributed by atoms with Crippen LogP contribution in [0.4, 0.5) is 5.69 Å². The van der Waals surface area contributed by atoms with E-state index in [1.165, 1.54) is 17.9 Å². The Kier molecular flexibility index (Phi) is 5.71. The molecule has 0 saturated heterocycles. The first-order valence-corrected chi connectivity index (χ1v) is 9.67. The molecule has 1 aliphatic heterocycles. The molecule has 3 rings (SSSR count). The van der Waals surface area contributed by atoms with Gasteiger partial charge in [0, 0.05) is 17.5 Å². The number of rotatable bonds is 6. The van der Waals surface area contributed by atoms with Crippen molar-refractivity contribution in [1.82, 2.24) is 0 Å². The fourth-order valence-corrected chi connectivity index (χ4v) is 3.85. The molecular weight excluding hydrogens is 401 g/mol. The van der Waals surface area contributed by atoms with Crippen molar-refractivity contribution in [2.75, 3.05) is 4.90 Å². The maximum Gasteiger partial charge on any atom is 0.264 e. The molecule has 148 valence electrons. The van der Waals surface area contributed by atoms with E-state index >= 15 is 0 Å². The minimum atomic E-state index is -1.97. The first-order chi connectivity index (χ1) is 13.1. The number of nitrogens with zero attached hydrogens (tertiary/aromatic N) is 1. The predicted molar refractivity (Wildman–Crippen MR) is 109 cm³/mol. The number of Topliss-reactive ketones (excluding diaryl/α,β-unsaturated/α-hetero) is 1. The molecule has 7 heteroatoms. The fraction of sp³-hybridized carbons (Fsp3) is 0.333. The zero-order valence-electron chi connectivity index (χ0n) is 15.8. The Bertz CT molecular complexity index is 944. The van der Waals surface area contributed by atoms with Crippen molar-refractivity contribution < 1.29 is 19.4 Å². The third-order valence-electron chi connectivity index (χ3n) is 4.55. The number of fused-ring (bicyclic) bond motifs is 1. The Labute approximate surface area is 173 Å². The van der Waals surface area contributed by atoms with Gasteiger partial charge in [0.05, 0.1) is 28.4 Å². The molecule has 0 fully saturated rings. The van der Waals surface area contributed by atoms with Crippen molar-refractivity contribution >= 4 is 40.6 Å². The fourth-order valence-electron chi connectivity index (χ4n) is 3.43. The molecule has 2 aromatic carbocycles. The number of ketones is 1. The summed E-state index contributed by atoms with van der Waals surface area (Å²) in [4.78, 5) is 26.3. The van der Waals surface area contributed by atoms with Gasteiger partial charge in [0.15, 0.2) is 5.60 Å². The molecule has 0 spiro atoms. The topological polar surface area (TPSA) is 66.8 Å². The van der Waals surface area contributed by atoms with Crippen LogP contribution in [0.3, 0.4) is 0 Å². The summed E-state index contributed by atoms with van der Waals surface area (Å²) in [7, 11) is 0. The smallest absolute Gasteiger partial charge is 0.264 e. The van der Waals surface area contributed by atoms with Gasteiger partial charge in [-0.15, -0.1) is 0 Å². The van der Waals surface area contributed by atoms with Gasteiger partial charge < -0.3 is 14.7 Å². The lowest BCUT2D eigenvalue weighted by Gasteiger charge is -2.23. The Balaban J connectivity index is 2.10. The van der Waals surface area contributed by atoms with Crippen molar-refractivity contribution in [3.63, 3.8) is 0 Å². The number of hydrogen-bond donors (Lipinski definition) is 1. The molecule has 1 amide bonds. The van der Waals surface area contributed by atoms with Crippen molar-refractivity contribution in [3.05, 3.63) is 57.6 Å². The molecule has 0 bridgehead atoms. The van der Waals surface area contributed by atoms with E-state index in [9.17, 15) is 14.7 Å². The number of aliphatic hydroxyl groups is 1. The highest BCUT2D eigenvalue weighted by Crippen LogP contribution is 2.49. The van der Waals surface area contributed by atoms with Crippen molar-refractivity contribution in [2.45, 2.75) is 45.4 Å². The van der Waals surface area contributed by atoms with Gasteiger partial charge in [-0.2, -0.15) is 0 Å². The summed E-state index contributed by atoms with van der Waals surface area (Å²) in [5.74, 6) is -0.286. The Morgan fingerprint density at radius 2 is 1.89 bits per heavy atom. The first-order valence-electron chi connectivity index (χ1n) is 8.92. The second-order valence-corrected chi connectivity index (χ2v) is 7.95. The third kappa shape index (κ3) is 3.62. The molecule has 0 saturated carbocycles. The third-order valence-corrected chi connectivity index (χ3v) is 5.35. The van der Waals surface area contributed by atoms with Crippen molar-refractivity contribution in [3.8, 4) is 5.75 Å². The molecule has 0 aliphatic carbocycles. The minimum Gasteiger partial charge on any atom is -0.491 e. The number of ether oxygens (including phenoxy) is 1. The minimum absolute atomic E-state index is 0.0459. The van der Waals surface area contributed by atoms with Crippen molar-refractivity contribution in [2.24, 2.45) is 0 Å². The summed E-state index contributed by atoms with van der Waals surface area (Å²) in [5, 5.41) is 11.5. The zero-order valence-corrected chi connectivity index (χ0v) is 17.3. The van der Waals surface area contributed by atoms with E-state index < -0.39 is 11.5 Å². The summed E-state index contributed by atoms with van der Waals surface area (Å²) in [6, 6.07) is 10.4. The molecule has 28 heavy (non-hydrogen) atoms. The molecule has 1 heterocycles. The van der Waals surface area contributed by atoms with E-state index in [0.29, 0.717) is 11.4 Å². The average Bonchev–Trinajstić information content (AvgIpc) is 2.81. The molecule has 1 N–H and O–H groups in total. The molecule has 0 unspecified atom stereocenters. The summed E-state index contributed by atoms with van der Waals surface area (Å²) in [6.45, 7) is 5.27. The van der Waals surface area contributed by atoms with E-state index in [1.54, 1.807) is 6.07 Å². The number of para-hydroxylation sites is 1. The summed E-state index contributed by atoms with van der Waals surface area (Å²) < 4.78 is 5.84. The normalized spacial score (nSPS) is 18.5. The monoisotopic (exact) mass is 421 g/mol.